The van der Waals surface area contributed by atoms with Crippen molar-refractivity contribution in [1.82, 2.24) is 4.90 Å². The molecule has 0 aliphatic carbocycles. The number of carbonyl (C=O) groups is 2. The summed E-state index contributed by atoms with van der Waals surface area (Å²) in [6.45, 7) is 1.29. The quantitative estimate of drug-likeness (QED) is 0.592. The second-order valence-electron chi connectivity index (χ2n) is 5.56. The van der Waals surface area contributed by atoms with E-state index in [1.807, 2.05) is 0 Å². The number of benzene rings is 1. The topological polar surface area (TPSA) is 49.9 Å². The molecular weight excluding hydrogens is 306 g/mol. The predicted octanol–water partition coefficient (Wildman–Crippen LogP) is 1.81. The molecule has 1 heterocycles. The summed E-state index contributed by atoms with van der Waals surface area (Å²) in [7, 11) is 3.22. The zero-order valence-electron chi connectivity index (χ0n) is 13.2. The van der Waals surface area contributed by atoms with Crippen molar-refractivity contribution in [2.24, 2.45) is 5.92 Å². The molecule has 1 aliphatic heterocycles. The summed E-state index contributed by atoms with van der Waals surface area (Å²) in [5.41, 5.74) is 0.143. The fourth-order valence-corrected chi connectivity index (χ4v) is 2.68. The van der Waals surface area contributed by atoms with E-state index in [4.69, 9.17) is 4.74 Å². The second-order valence-corrected chi connectivity index (χ2v) is 5.56. The maximum atomic E-state index is 13.3. The van der Waals surface area contributed by atoms with E-state index in [0.717, 1.165) is 18.2 Å². The van der Waals surface area contributed by atoms with Crippen LogP contribution in [0.2, 0.25) is 0 Å². The molecule has 7 heteroatoms. The Morgan fingerprint density at radius 1 is 1.35 bits per heavy atom. The van der Waals surface area contributed by atoms with Crippen molar-refractivity contribution in [1.29, 1.82) is 0 Å². The number of methoxy groups -OCH3 is 1. The average Bonchev–Trinajstić information content (AvgIpc) is 2.87. The van der Waals surface area contributed by atoms with Gasteiger partial charge in [-0.05, 0) is 25.0 Å². The molecule has 2 rings (SSSR count). The summed E-state index contributed by atoms with van der Waals surface area (Å²) in [5, 5.41) is 0. The van der Waals surface area contributed by atoms with Gasteiger partial charge in [0.2, 0.25) is 11.8 Å². The minimum Gasteiger partial charge on any atom is -0.385 e. The van der Waals surface area contributed by atoms with E-state index in [9.17, 15) is 18.4 Å². The Balaban J connectivity index is 2.04. The van der Waals surface area contributed by atoms with Crippen molar-refractivity contribution in [3.63, 3.8) is 0 Å². The van der Waals surface area contributed by atoms with E-state index < -0.39 is 23.5 Å². The van der Waals surface area contributed by atoms with Crippen molar-refractivity contribution in [3.8, 4) is 0 Å². The standard InChI is InChI=1S/C16H20F2N2O3/c1-19(5-3-7-23-2)15(21)14-4-6-20(16(14)22)13-9-11(17)8-12(18)10-13/h8-10,14H,3-7H2,1-2H3. The Hall–Kier alpha value is -2.02. The Morgan fingerprint density at radius 3 is 2.61 bits per heavy atom. The van der Waals surface area contributed by atoms with Crippen LogP contribution in [-0.2, 0) is 14.3 Å². The molecule has 1 aliphatic rings. The van der Waals surface area contributed by atoms with E-state index in [0.29, 0.717) is 26.0 Å². The van der Waals surface area contributed by atoms with Crippen molar-refractivity contribution in [2.75, 3.05) is 38.8 Å². The molecule has 0 spiro atoms. The SMILES string of the molecule is COCCCN(C)C(=O)C1CCN(c2cc(F)cc(F)c2)C1=O. The Kier molecular flexibility index (Phi) is 5.65. The van der Waals surface area contributed by atoms with E-state index in [2.05, 4.69) is 0 Å². The van der Waals surface area contributed by atoms with Crippen LogP contribution < -0.4 is 4.90 Å². The molecule has 23 heavy (non-hydrogen) atoms. The highest BCUT2D eigenvalue weighted by Gasteiger charge is 2.39. The molecule has 126 valence electrons. The van der Waals surface area contributed by atoms with Crippen LogP contribution >= 0.6 is 0 Å². The minimum absolute atomic E-state index is 0.143. The zero-order chi connectivity index (χ0) is 17.0. The van der Waals surface area contributed by atoms with Gasteiger partial charge in [-0.1, -0.05) is 0 Å². The monoisotopic (exact) mass is 326 g/mol. The highest BCUT2D eigenvalue weighted by Crippen LogP contribution is 2.27. The summed E-state index contributed by atoms with van der Waals surface area (Å²) in [4.78, 5) is 27.5. The highest BCUT2D eigenvalue weighted by atomic mass is 19.1. The third kappa shape index (κ3) is 4.04. The number of hydrogen-bond acceptors (Lipinski definition) is 3. The van der Waals surface area contributed by atoms with Crippen LogP contribution in [0.1, 0.15) is 12.8 Å². The molecule has 1 fully saturated rings. The van der Waals surface area contributed by atoms with Gasteiger partial charge in [-0.25, -0.2) is 8.78 Å². The molecule has 1 aromatic carbocycles. The summed E-state index contributed by atoms with van der Waals surface area (Å²) < 4.78 is 31.5. The molecule has 0 saturated carbocycles. The largest absolute Gasteiger partial charge is 0.385 e. The van der Waals surface area contributed by atoms with E-state index >= 15 is 0 Å². The van der Waals surface area contributed by atoms with Crippen molar-refractivity contribution in [3.05, 3.63) is 29.8 Å². The average molecular weight is 326 g/mol. The first-order valence-corrected chi connectivity index (χ1v) is 7.45. The smallest absolute Gasteiger partial charge is 0.239 e. The molecule has 0 N–H and O–H groups in total. The first kappa shape index (κ1) is 17.3. The Bertz CT molecular complexity index is 574. The Morgan fingerprint density at radius 2 is 2.00 bits per heavy atom. The minimum atomic E-state index is -0.797. The van der Waals surface area contributed by atoms with Crippen LogP contribution in [0.15, 0.2) is 18.2 Å². The molecule has 0 bridgehead atoms. The van der Waals surface area contributed by atoms with Crippen LogP contribution in [0.3, 0.4) is 0 Å². The molecule has 5 nitrogen and oxygen atoms in total. The van der Waals surface area contributed by atoms with Crippen molar-refractivity contribution < 1.29 is 23.1 Å². The fourth-order valence-electron chi connectivity index (χ4n) is 2.68. The number of carbonyl (C=O) groups excluding carboxylic acids is 2. The molecular formula is C16H20F2N2O3. The van der Waals surface area contributed by atoms with Crippen LogP contribution in [0, 0.1) is 17.6 Å². The molecule has 0 aromatic heterocycles. The first-order chi connectivity index (χ1) is 10.9. The van der Waals surface area contributed by atoms with E-state index in [1.165, 1.54) is 9.80 Å². The lowest BCUT2D eigenvalue weighted by atomic mass is 10.1. The number of halogens is 2. The van der Waals surface area contributed by atoms with Crippen LogP contribution in [0.25, 0.3) is 0 Å². The normalized spacial score (nSPS) is 17.7. The molecule has 2 amide bonds. The molecule has 1 atom stereocenters. The van der Waals surface area contributed by atoms with Crippen molar-refractivity contribution in [2.45, 2.75) is 12.8 Å². The number of ether oxygens (including phenoxy) is 1. The maximum absolute atomic E-state index is 13.3. The van der Waals surface area contributed by atoms with Gasteiger partial charge in [-0.3, -0.25) is 9.59 Å². The molecule has 1 unspecified atom stereocenters. The van der Waals surface area contributed by atoms with Crippen LogP contribution in [0.4, 0.5) is 14.5 Å². The van der Waals surface area contributed by atoms with Crippen LogP contribution in [-0.4, -0.2) is 50.6 Å². The summed E-state index contributed by atoms with van der Waals surface area (Å²) in [6.07, 6.45) is 1.02. The van der Waals surface area contributed by atoms with Crippen molar-refractivity contribution >= 4 is 17.5 Å². The first-order valence-electron chi connectivity index (χ1n) is 7.45. The van der Waals surface area contributed by atoms with Gasteiger partial charge in [-0.15, -0.1) is 0 Å². The number of hydrogen-bond donors (Lipinski definition) is 0. The lowest BCUT2D eigenvalue weighted by Crippen LogP contribution is -2.38. The zero-order valence-corrected chi connectivity index (χ0v) is 13.2. The van der Waals surface area contributed by atoms with Gasteiger partial charge in [0.15, 0.2) is 0 Å². The van der Waals surface area contributed by atoms with Gasteiger partial charge in [-0.2, -0.15) is 0 Å². The molecule has 0 radical (unpaired) electrons. The third-order valence-electron chi connectivity index (χ3n) is 3.88. The summed E-state index contributed by atoms with van der Waals surface area (Å²) in [5.74, 6) is -2.99. The van der Waals surface area contributed by atoms with Gasteiger partial charge in [0.05, 0.1) is 0 Å². The van der Waals surface area contributed by atoms with Crippen LogP contribution in [0.5, 0.6) is 0 Å². The molecule has 1 aromatic rings. The maximum Gasteiger partial charge on any atom is 0.239 e. The summed E-state index contributed by atoms with van der Waals surface area (Å²) in [6, 6.07) is 2.93. The number of rotatable bonds is 6. The lowest BCUT2D eigenvalue weighted by molar-refractivity contribution is -0.138. The predicted molar refractivity (Wildman–Crippen MR) is 80.9 cm³/mol. The van der Waals surface area contributed by atoms with Gasteiger partial charge in [0, 0.05) is 45.6 Å². The number of anilines is 1. The Labute approximate surface area is 133 Å². The van der Waals surface area contributed by atoms with Gasteiger partial charge in [0.25, 0.3) is 0 Å². The second kappa shape index (κ2) is 7.50. The third-order valence-corrected chi connectivity index (χ3v) is 3.88. The highest BCUT2D eigenvalue weighted by molar-refractivity contribution is 6.09. The molecule has 1 saturated heterocycles. The van der Waals surface area contributed by atoms with E-state index in [-0.39, 0.29) is 18.1 Å². The number of nitrogens with zero attached hydrogens (tertiary/aromatic N) is 2. The fraction of sp³-hybridized carbons (Fsp3) is 0.500. The lowest BCUT2D eigenvalue weighted by Gasteiger charge is -2.21. The summed E-state index contributed by atoms with van der Waals surface area (Å²) >= 11 is 0. The number of amides is 2. The van der Waals surface area contributed by atoms with Gasteiger partial charge >= 0.3 is 0 Å². The van der Waals surface area contributed by atoms with Gasteiger partial charge in [0.1, 0.15) is 17.6 Å². The van der Waals surface area contributed by atoms with Gasteiger partial charge < -0.3 is 14.5 Å². The van der Waals surface area contributed by atoms with E-state index in [1.54, 1.807) is 14.2 Å².